The van der Waals surface area contributed by atoms with Gasteiger partial charge in [-0.05, 0) is 60.4 Å². The highest BCUT2D eigenvalue weighted by Crippen LogP contribution is 2.29. The van der Waals surface area contributed by atoms with Gasteiger partial charge in [0.2, 0.25) is 0 Å². The number of nitrogens with zero attached hydrogens (tertiary/aromatic N) is 5. The summed E-state index contributed by atoms with van der Waals surface area (Å²) in [5, 5.41) is 4.52. The predicted octanol–water partition coefficient (Wildman–Crippen LogP) is 2.00. The van der Waals surface area contributed by atoms with E-state index in [-0.39, 0.29) is 12.5 Å². The summed E-state index contributed by atoms with van der Waals surface area (Å²) in [6.07, 6.45) is 1.11. The Morgan fingerprint density at radius 2 is 1.82 bits per heavy atom. The van der Waals surface area contributed by atoms with Gasteiger partial charge < -0.3 is 14.5 Å². The lowest BCUT2D eigenvalue weighted by Crippen LogP contribution is -2.53. The highest BCUT2D eigenvalue weighted by atomic mass is 16.5. The van der Waals surface area contributed by atoms with Crippen molar-refractivity contribution in [3.05, 3.63) is 54.1 Å². The summed E-state index contributed by atoms with van der Waals surface area (Å²) in [6.45, 7) is 3.76. The molecule has 9 nitrogen and oxygen atoms in total. The number of ether oxygens (including phenoxy) is 1. The van der Waals surface area contributed by atoms with E-state index in [9.17, 15) is 14.4 Å². The first-order valence-electron chi connectivity index (χ1n) is 11.3. The van der Waals surface area contributed by atoms with Crippen molar-refractivity contribution in [2.45, 2.75) is 26.1 Å². The fourth-order valence-corrected chi connectivity index (χ4v) is 4.64. The first kappa shape index (κ1) is 21.1. The Kier molecular flexibility index (Phi) is 5.53. The zero-order valence-corrected chi connectivity index (χ0v) is 18.5. The molecule has 3 aliphatic rings. The van der Waals surface area contributed by atoms with Gasteiger partial charge >= 0.3 is 11.8 Å². The fraction of sp³-hybridized carbons (Fsp3) is 0.375. The van der Waals surface area contributed by atoms with Crippen LogP contribution in [-0.2, 0) is 20.8 Å². The third kappa shape index (κ3) is 3.83. The number of carbonyl (C=O) groups is 3. The molecule has 0 bridgehead atoms. The second-order valence-electron chi connectivity index (χ2n) is 8.22. The van der Waals surface area contributed by atoms with E-state index in [4.69, 9.17) is 4.74 Å². The second kappa shape index (κ2) is 8.65. The van der Waals surface area contributed by atoms with E-state index in [0.717, 1.165) is 40.2 Å². The molecular formula is C24H26N5O4+. The molecule has 3 aliphatic heterocycles. The van der Waals surface area contributed by atoms with Crippen molar-refractivity contribution in [2.24, 2.45) is 5.11 Å². The highest BCUT2D eigenvalue weighted by Gasteiger charge is 2.50. The molecule has 3 heterocycles. The molecule has 0 N–H and O–H groups in total. The summed E-state index contributed by atoms with van der Waals surface area (Å²) < 4.78 is 6.54. The monoisotopic (exact) mass is 448 g/mol. The summed E-state index contributed by atoms with van der Waals surface area (Å²) in [4.78, 5) is 43.8. The van der Waals surface area contributed by atoms with Crippen LogP contribution in [0.15, 0.2) is 53.6 Å². The molecule has 0 aliphatic carbocycles. The molecular weight excluding hydrogens is 422 g/mol. The van der Waals surface area contributed by atoms with Crippen molar-refractivity contribution in [1.29, 1.82) is 0 Å². The van der Waals surface area contributed by atoms with E-state index in [0.29, 0.717) is 26.2 Å². The van der Waals surface area contributed by atoms with Gasteiger partial charge in [0.15, 0.2) is 0 Å². The van der Waals surface area contributed by atoms with Crippen molar-refractivity contribution in [3.8, 4) is 5.75 Å². The molecule has 0 radical (unpaired) electrons. The molecule has 2 aromatic rings. The van der Waals surface area contributed by atoms with Crippen LogP contribution in [0.4, 0.5) is 11.4 Å². The second-order valence-corrected chi connectivity index (χ2v) is 8.22. The lowest BCUT2D eigenvalue weighted by atomic mass is 10.0. The van der Waals surface area contributed by atoms with E-state index in [2.05, 4.69) is 5.11 Å². The number of rotatable bonds is 5. The number of hydrogen-bond acceptors (Lipinski definition) is 6. The predicted molar refractivity (Wildman–Crippen MR) is 120 cm³/mol. The highest BCUT2D eigenvalue weighted by molar-refractivity contribution is 6.32. The number of para-hydroxylation sites is 1. The molecule has 5 rings (SSSR count). The van der Waals surface area contributed by atoms with Gasteiger partial charge in [-0.25, -0.2) is 4.79 Å². The zero-order valence-electron chi connectivity index (χ0n) is 18.5. The van der Waals surface area contributed by atoms with Crippen LogP contribution < -0.4 is 14.5 Å². The molecule has 0 spiro atoms. The van der Waals surface area contributed by atoms with Crippen LogP contribution in [-0.4, -0.2) is 66.4 Å². The maximum absolute atomic E-state index is 13.1. The van der Waals surface area contributed by atoms with Gasteiger partial charge in [-0.1, -0.05) is 18.2 Å². The van der Waals surface area contributed by atoms with Gasteiger partial charge in [0.05, 0.1) is 6.61 Å². The van der Waals surface area contributed by atoms with Crippen LogP contribution in [0.25, 0.3) is 0 Å². The first-order chi connectivity index (χ1) is 16.1. The van der Waals surface area contributed by atoms with Crippen LogP contribution in [0.3, 0.4) is 0 Å². The van der Waals surface area contributed by atoms with E-state index in [1.165, 1.54) is 4.90 Å². The molecule has 0 aromatic heterocycles. The lowest BCUT2D eigenvalue weighted by Gasteiger charge is -2.29. The van der Waals surface area contributed by atoms with Crippen LogP contribution in [0, 0.1) is 0 Å². The average Bonchev–Trinajstić information content (AvgIpc) is 3.26. The van der Waals surface area contributed by atoms with Gasteiger partial charge in [0.25, 0.3) is 18.7 Å². The van der Waals surface area contributed by atoms with Crippen LogP contribution in [0.1, 0.15) is 18.9 Å². The minimum atomic E-state index is -0.765. The maximum atomic E-state index is 13.1. The smallest absolute Gasteiger partial charge is 0.494 e. The minimum Gasteiger partial charge on any atom is -0.494 e. The van der Waals surface area contributed by atoms with E-state index in [1.54, 1.807) is 4.90 Å². The van der Waals surface area contributed by atoms with Crippen molar-refractivity contribution in [2.75, 3.05) is 42.6 Å². The number of azo groups is 2. The molecule has 3 amide bonds. The summed E-state index contributed by atoms with van der Waals surface area (Å²) >= 11 is 0. The zero-order chi connectivity index (χ0) is 22.9. The Labute approximate surface area is 191 Å². The van der Waals surface area contributed by atoms with Crippen LogP contribution in [0.2, 0.25) is 0 Å². The Balaban J connectivity index is 1.39. The van der Waals surface area contributed by atoms with E-state index < -0.39 is 18.1 Å². The van der Waals surface area contributed by atoms with E-state index >= 15 is 0 Å². The number of hydrogen-bond donors (Lipinski definition) is 0. The Bertz CT molecular complexity index is 1130. The third-order valence-electron chi connectivity index (χ3n) is 6.24. The molecule has 0 saturated carbocycles. The van der Waals surface area contributed by atoms with Crippen molar-refractivity contribution < 1.29 is 23.8 Å². The summed E-state index contributed by atoms with van der Waals surface area (Å²) in [7, 11) is 0. The number of aryl methyl sites for hydroxylation is 1. The maximum Gasteiger partial charge on any atom is 0.502 e. The number of benzene rings is 2. The molecule has 170 valence electrons. The molecule has 1 saturated heterocycles. The largest absolute Gasteiger partial charge is 0.502 e. The topological polar surface area (TPSA) is 85.5 Å². The molecule has 9 heteroatoms. The Morgan fingerprint density at radius 1 is 1.06 bits per heavy atom. The van der Waals surface area contributed by atoms with Gasteiger partial charge in [0.1, 0.15) is 5.75 Å². The van der Waals surface area contributed by atoms with Crippen molar-refractivity contribution in [3.63, 3.8) is 0 Å². The first-order valence-corrected chi connectivity index (χ1v) is 11.3. The minimum absolute atomic E-state index is 0.244. The summed E-state index contributed by atoms with van der Waals surface area (Å²) in [5.74, 6) is -0.877. The van der Waals surface area contributed by atoms with Gasteiger partial charge in [-0.3, -0.25) is 14.5 Å². The number of carbonyl (C=O) groups excluding carboxylic acids is 3. The molecule has 33 heavy (non-hydrogen) atoms. The normalized spacial score (nSPS) is 19.8. The molecule has 1 fully saturated rings. The SMILES string of the molecule is CCOc1ccc(N2CCN3C(=O)C(=O)[N+](CC(=O)N4CCCc5ccccc54)=NC32)cc1. The standard InChI is InChI=1S/C24H26N5O4/c1-2-33-19-11-9-18(10-12-19)26-14-15-28-22(31)23(32)29(25-24(26)28)16-21(30)27-13-5-7-17-6-3-4-8-20(17)27/h3-4,6,8-12,24H,2,5,7,13-16H2,1H3/q+1. The average molecular weight is 449 g/mol. The Hall–Kier alpha value is -3.75. The van der Waals surface area contributed by atoms with Crippen LogP contribution >= 0.6 is 0 Å². The molecule has 2 aromatic carbocycles. The number of amides is 3. The van der Waals surface area contributed by atoms with Crippen molar-refractivity contribution in [1.82, 2.24) is 4.90 Å². The van der Waals surface area contributed by atoms with Crippen molar-refractivity contribution >= 4 is 29.1 Å². The summed E-state index contributed by atoms with van der Waals surface area (Å²) in [6, 6.07) is 15.3. The number of anilines is 2. The van der Waals surface area contributed by atoms with Gasteiger partial charge in [-0.2, -0.15) is 0 Å². The Morgan fingerprint density at radius 3 is 2.61 bits per heavy atom. The summed E-state index contributed by atoms with van der Waals surface area (Å²) in [5.41, 5.74) is 2.84. The van der Waals surface area contributed by atoms with E-state index in [1.807, 2.05) is 60.4 Å². The fourth-order valence-electron chi connectivity index (χ4n) is 4.64. The molecule has 1 unspecified atom stereocenters. The quantitative estimate of drug-likeness (QED) is 0.516. The van der Waals surface area contributed by atoms with Gasteiger partial charge in [0, 0.05) is 36.1 Å². The van der Waals surface area contributed by atoms with Crippen LogP contribution in [0.5, 0.6) is 5.75 Å². The lowest BCUT2D eigenvalue weighted by molar-refractivity contribution is -0.509. The number of fused-ring (bicyclic) bond motifs is 2. The third-order valence-corrected chi connectivity index (χ3v) is 6.24. The van der Waals surface area contributed by atoms with Gasteiger partial charge in [-0.15, -0.1) is 0 Å². The molecule has 1 atom stereocenters.